The zero-order valence-corrected chi connectivity index (χ0v) is 12.3. The van der Waals surface area contributed by atoms with E-state index in [-0.39, 0.29) is 12.6 Å². The van der Waals surface area contributed by atoms with Crippen molar-refractivity contribution >= 4 is 5.82 Å². The molecule has 2 aromatic rings. The highest BCUT2D eigenvalue weighted by atomic mass is 16.3. The molecule has 0 bridgehead atoms. The van der Waals surface area contributed by atoms with Gasteiger partial charge in [-0.3, -0.25) is 0 Å². The van der Waals surface area contributed by atoms with Crippen LogP contribution in [0.25, 0.3) is 0 Å². The monoisotopic (exact) mass is 281 g/mol. The predicted octanol–water partition coefficient (Wildman–Crippen LogP) is 2.23. The van der Waals surface area contributed by atoms with Crippen molar-refractivity contribution in [2.24, 2.45) is 0 Å². The Morgan fingerprint density at radius 2 is 2.00 bits per heavy atom. The van der Waals surface area contributed by atoms with Gasteiger partial charge in [-0.1, -0.05) is 30.9 Å². The number of aromatic nitrogens is 2. The molecule has 0 amide bonds. The molecule has 0 spiro atoms. The minimum Gasteiger partial charge on any atom is -0.394 e. The molecule has 0 saturated heterocycles. The van der Waals surface area contributed by atoms with Crippen molar-refractivity contribution in [3.63, 3.8) is 0 Å². The van der Waals surface area contributed by atoms with Gasteiger partial charge in [-0.2, -0.15) is 0 Å². The van der Waals surface area contributed by atoms with E-state index in [9.17, 15) is 0 Å². The van der Waals surface area contributed by atoms with Crippen molar-refractivity contribution in [1.29, 1.82) is 0 Å². The number of rotatable bonds is 4. The van der Waals surface area contributed by atoms with Crippen molar-refractivity contribution in [2.75, 3.05) is 11.9 Å². The molecule has 1 heterocycles. The third kappa shape index (κ3) is 4.30. The van der Waals surface area contributed by atoms with Crippen molar-refractivity contribution in [3.05, 3.63) is 53.5 Å². The Kier molecular flexibility index (Phi) is 5.30. The summed E-state index contributed by atoms with van der Waals surface area (Å²) in [6.07, 6.45) is 4.16. The van der Waals surface area contributed by atoms with E-state index in [4.69, 9.17) is 5.11 Å². The van der Waals surface area contributed by atoms with E-state index in [0.717, 1.165) is 17.5 Å². The highest BCUT2D eigenvalue weighted by molar-refractivity contribution is 5.55. The molecule has 0 fully saturated rings. The van der Waals surface area contributed by atoms with Crippen LogP contribution in [0.2, 0.25) is 0 Å². The third-order valence-corrected chi connectivity index (χ3v) is 3.07. The van der Waals surface area contributed by atoms with E-state index in [1.54, 1.807) is 6.20 Å². The highest BCUT2D eigenvalue weighted by Crippen LogP contribution is 2.10. The molecular formula is C17H19N3O. The zero-order chi connectivity index (χ0) is 15.1. The van der Waals surface area contributed by atoms with Gasteiger partial charge in [0.15, 0.2) is 0 Å². The van der Waals surface area contributed by atoms with Crippen LogP contribution in [0.4, 0.5) is 5.82 Å². The second-order valence-corrected chi connectivity index (χ2v) is 4.81. The van der Waals surface area contributed by atoms with E-state index in [1.807, 2.05) is 19.1 Å². The lowest BCUT2D eigenvalue weighted by Gasteiger charge is -2.11. The third-order valence-electron chi connectivity index (χ3n) is 3.07. The number of hydrogen-bond donors (Lipinski definition) is 2. The van der Waals surface area contributed by atoms with E-state index < -0.39 is 0 Å². The maximum atomic E-state index is 9.10. The van der Waals surface area contributed by atoms with Crippen LogP contribution in [0.3, 0.4) is 0 Å². The van der Waals surface area contributed by atoms with Gasteiger partial charge in [0.05, 0.1) is 12.2 Å². The lowest BCUT2D eigenvalue weighted by atomic mass is 10.1. The van der Waals surface area contributed by atoms with Gasteiger partial charge >= 0.3 is 0 Å². The number of benzene rings is 1. The summed E-state index contributed by atoms with van der Waals surface area (Å²) in [7, 11) is 0. The fourth-order valence-corrected chi connectivity index (χ4v) is 1.78. The molecule has 1 aromatic carbocycles. The molecule has 21 heavy (non-hydrogen) atoms. The molecule has 2 rings (SSSR count). The normalized spacial score (nSPS) is 11.4. The Labute approximate surface area is 125 Å². The molecule has 108 valence electrons. The van der Waals surface area contributed by atoms with Gasteiger partial charge in [0, 0.05) is 17.8 Å². The van der Waals surface area contributed by atoms with Gasteiger partial charge in [0.25, 0.3) is 0 Å². The van der Waals surface area contributed by atoms with Crippen LogP contribution in [0, 0.1) is 11.8 Å². The highest BCUT2D eigenvalue weighted by Gasteiger charge is 2.05. The molecule has 4 heteroatoms. The van der Waals surface area contributed by atoms with E-state index in [0.29, 0.717) is 5.82 Å². The summed E-state index contributed by atoms with van der Waals surface area (Å²) >= 11 is 0. The summed E-state index contributed by atoms with van der Waals surface area (Å²) in [6, 6.07) is 8.11. The molecule has 0 radical (unpaired) electrons. The first-order valence-corrected chi connectivity index (χ1v) is 7.01. The smallest absolute Gasteiger partial charge is 0.145 e. The average Bonchev–Trinajstić information content (AvgIpc) is 2.54. The summed E-state index contributed by atoms with van der Waals surface area (Å²) in [6.45, 7) is 4.04. The number of nitrogens with one attached hydrogen (secondary N) is 1. The molecule has 0 aliphatic carbocycles. The number of hydrogen-bond acceptors (Lipinski definition) is 4. The van der Waals surface area contributed by atoms with Crippen LogP contribution in [-0.4, -0.2) is 27.7 Å². The zero-order valence-electron chi connectivity index (χ0n) is 12.3. The Balaban J connectivity index is 2.21. The van der Waals surface area contributed by atoms with Crippen LogP contribution in [0.15, 0.2) is 36.8 Å². The fourth-order valence-electron chi connectivity index (χ4n) is 1.78. The Bertz CT molecular complexity index is 641. The van der Waals surface area contributed by atoms with E-state index in [2.05, 4.69) is 46.2 Å². The number of anilines is 1. The van der Waals surface area contributed by atoms with Crippen LogP contribution in [-0.2, 0) is 6.42 Å². The quantitative estimate of drug-likeness (QED) is 0.844. The first-order valence-electron chi connectivity index (χ1n) is 7.01. The lowest BCUT2D eigenvalue weighted by Crippen LogP contribution is -2.20. The predicted molar refractivity (Wildman–Crippen MR) is 84.0 cm³/mol. The number of aryl methyl sites for hydroxylation is 1. The molecule has 1 atom stereocenters. The van der Waals surface area contributed by atoms with Crippen LogP contribution < -0.4 is 5.32 Å². The molecule has 0 aliphatic heterocycles. The summed E-state index contributed by atoms with van der Waals surface area (Å²) in [4.78, 5) is 8.17. The molecule has 1 aromatic heterocycles. The van der Waals surface area contributed by atoms with Crippen molar-refractivity contribution in [1.82, 2.24) is 9.97 Å². The maximum Gasteiger partial charge on any atom is 0.145 e. The Hall–Kier alpha value is -2.38. The van der Waals surface area contributed by atoms with Gasteiger partial charge in [0.1, 0.15) is 12.1 Å². The van der Waals surface area contributed by atoms with Crippen molar-refractivity contribution in [3.8, 4) is 11.8 Å². The van der Waals surface area contributed by atoms with Crippen molar-refractivity contribution in [2.45, 2.75) is 26.3 Å². The first kappa shape index (κ1) is 15.0. The Morgan fingerprint density at radius 1 is 1.24 bits per heavy atom. The largest absolute Gasteiger partial charge is 0.394 e. The van der Waals surface area contributed by atoms with Crippen LogP contribution >= 0.6 is 0 Å². The average molecular weight is 281 g/mol. The molecule has 2 N–H and O–H groups in total. The van der Waals surface area contributed by atoms with Crippen molar-refractivity contribution < 1.29 is 5.11 Å². The van der Waals surface area contributed by atoms with Gasteiger partial charge in [0.2, 0.25) is 0 Å². The molecular weight excluding hydrogens is 262 g/mol. The molecule has 0 saturated carbocycles. The van der Waals surface area contributed by atoms with Gasteiger partial charge < -0.3 is 10.4 Å². The molecule has 0 aliphatic rings. The second-order valence-electron chi connectivity index (χ2n) is 4.81. The SMILES string of the molecule is CCc1ccc(C#Cc2cncnc2N[C@H](C)CO)cc1. The summed E-state index contributed by atoms with van der Waals surface area (Å²) in [5, 5.41) is 12.2. The van der Waals surface area contributed by atoms with E-state index in [1.165, 1.54) is 11.9 Å². The molecule has 4 nitrogen and oxygen atoms in total. The first-order chi connectivity index (χ1) is 10.2. The minimum absolute atomic E-state index is 0.0371. The van der Waals surface area contributed by atoms with Gasteiger partial charge in [-0.15, -0.1) is 0 Å². The standard InChI is InChI=1S/C17H19N3O/c1-3-14-4-6-15(7-5-14)8-9-16-10-18-12-19-17(16)20-13(2)11-21/h4-7,10,12-13,21H,3,11H2,1-2H3,(H,18,19,20)/t13-/m1/s1. The van der Waals surface area contributed by atoms with Crippen LogP contribution in [0.5, 0.6) is 0 Å². The van der Waals surface area contributed by atoms with Gasteiger partial charge in [-0.05, 0) is 31.0 Å². The minimum atomic E-state index is -0.0794. The number of aliphatic hydroxyl groups is 1. The van der Waals surface area contributed by atoms with Crippen LogP contribution in [0.1, 0.15) is 30.5 Å². The second kappa shape index (κ2) is 7.41. The van der Waals surface area contributed by atoms with E-state index >= 15 is 0 Å². The lowest BCUT2D eigenvalue weighted by molar-refractivity contribution is 0.281. The molecule has 0 unspecified atom stereocenters. The number of nitrogens with zero attached hydrogens (tertiary/aromatic N) is 2. The summed E-state index contributed by atoms with van der Waals surface area (Å²) in [5.74, 6) is 6.83. The summed E-state index contributed by atoms with van der Waals surface area (Å²) < 4.78 is 0. The maximum absolute atomic E-state index is 9.10. The number of aliphatic hydroxyl groups excluding tert-OH is 1. The van der Waals surface area contributed by atoms with Gasteiger partial charge in [-0.25, -0.2) is 9.97 Å². The fraction of sp³-hybridized carbons (Fsp3) is 0.294. The topological polar surface area (TPSA) is 58.0 Å². The summed E-state index contributed by atoms with van der Waals surface area (Å²) in [5.41, 5.74) is 2.97. The Morgan fingerprint density at radius 3 is 2.67 bits per heavy atom.